The lowest BCUT2D eigenvalue weighted by atomic mass is 10.2. The van der Waals surface area contributed by atoms with Gasteiger partial charge in [-0.1, -0.05) is 29.8 Å². The second-order valence-corrected chi connectivity index (χ2v) is 7.91. The van der Waals surface area contributed by atoms with Gasteiger partial charge in [0.05, 0.1) is 0 Å². The highest BCUT2D eigenvalue weighted by Crippen LogP contribution is 2.19. The predicted molar refractivity (Wildman–Crippen MR) is 109 cm³/mol. The number of amides is 1. The zero-order valence-electron chi connectivity index (χ0n) is 16.0. The van der Waals surface area contributed by atoms with E-state index in [2.05, 4.69) is 39.7 Å². The van der Waals surface area contributed by atoms with E-state index < -0.39 is 0 Å². The zero-order chi connectivity index (χ0) is 19.4. The minimum Gasteiger partial charge on any atom is -0.484 e. The van der Waals surface area contributed by atoms with Crippen molar-refractivity contribution in [2.24, 2.45) is 0 Å². The number of ether oxygens (including phenoxy) is 1. The Bertz CT molecular complexity index is 787. The molecule has 7 heteroatoms. The van der Waals surface area contributed by atoms with Crippen molar-refractivity contribution in [1.82, 2.24) is 14.9 Å². The fraction of sp³-hybridized carbons (Fsp3) is 0.450. The smallest absolute Gasteiger partial charge is 0.260 e. The van der Waals surface area contributed by atoms with Crippen LogP contribution < -0.4 is 9.64 Å². The van der Waals surface area contributed by atoms with Crippen molar-refractivity contribution in [2.75, 3.05) is 37.7 Å². The average Bonchev–Trinajstić information content (AvgIpc) is 2.67. The third kappa shape index (κ3) is 5.19. The largest absolute Gasteiger partial charge is 0.484 e. The SMILES string of the molecule is Cc1cc(N2CCN(C(=O)COc3ccc(Br)cc3)CC2)nc(C(C)C)n1. The highest BCUT2D eigenvalue weighted by molar-refractivity contribution is 9.10. The summed E-state index contributed by atoms with van der Waals surface area (Å²) in [5.74, 6) is 2.82. The third-order valence-electron chi connectivity index (χ3n) is 4.51. The number of hydrogen-bond acceptors (Lipinski definition) is 5. The van der Waals surface area contributed by atoms with Crippen molar-refractivity contribution in [3.05, 3.63) is 46.3 Å². The number of aryl methyl sites for hydroxylation is 1. The second kappa shape index (κ2) is 8.69. The van der Waals surface area contributed by atoms with Crippen LogP contribution in [0.3, 0.4) is 0 Å². The molecule has 3 rings (SSSR count). The quantitative estimate of drug-likeness (QED) is 0.724. The maximum Gasteiger partial charge on any atom is 0.260 e. The molecule has 1 aliphatic rings. The Morgan fingerprint density at radius 2 is 1.81 bits per heavy atom. The first-order valence-corrected chi connectivity index (χ1v) is 9.98. The molecule has 0 aliphatic carbocycles. The van der Waals surface area contributed by atoms with E-state index in [0.29, 0.717) is 24.8 Å². The van der Waals surface area contributed by atoms with Crippen LogP contribution in [0.25, 0.3) is 0 Å². The molecule has 1 saturated heterocycles. The summed E-state index contributed by atoms with van der Waals surface area (Å²) in [5.41, 5.74) is 0.977. The van der Waals surface area contributed by atoms with Gasteiger partial charge in [0.1, 0.15) is 17.4 Å². The van der Waals surface area contributed by atoms with Gasteiger partial charge in [0.15, 0.2) is 6.61 Å². The lowest BCUT2D eigenvalue weighted by Crippen LogP contribution is -2.50. The highest BCUT2D eigenvalue weighted by Gasteiger charge is 2.23. The van der Waals surface area contributed by atoms with Crippen molar-refractivity contribution in [1.29, 1.82) is 0 Å². The van der Waals surface area contributed by atoms with E-state index in [0.717, 1.165) is 34.9 Å². The number of nitrogens with zero attached hydrogens (tertiary/aromatic N) is 4. The zero-order valence-corrected chi connectivity index (χ0v) is 17.6. The number of carbonyl (C=O) groups is 1. The summed E-state index contributed by atoms with van der Waals surface area (Å²) in [6.07, 6.45) is 0. The number of anilines is 1. The van der Waals surface area contributed by atoms with Crippen LogP contribution in [-0.4, -0.2) is 53.6 Å². The number of benzene rings is 1. The normalized spacial score (nSPS) is 14.6. The van der Waals surface area contributed by atoms with Gasteiger partial charge in [0, 0.05) is 48.3 Å². The Hall–Kier alpha value is -2.15. The fourth-order valence-electron chi connectivity index (χ4n) is 2.95. The predicted octanol–water partition coefficient (Wildman–Crippen LogP) is 3.40. The number of halogens is 1. The summed E-state index contributed by atoms with van der Waals surface area (Å²) in [7, 11) is 0. The van der Waals surface area contributed by atoms with Gasteiger partial charge in [0.25, 0.3) is 5.91 Å². The molecule has 1 aromatic carbocycles. The summed E-state index contributed by atoms with van der Waals surface area (Å²) in [6, 6.07) is 9.50. The molecule has 1 aromatic heterocycles. The Morgan fingerprint density at radius 3 is 2.44 bits per heavy atom. The molecule has 1 aliphatic heterocycles. The van der Waals surface area contributed by atoms with Crippen LogP contribution >= 0.6 is 15.9 Å². The highest BCUT2D eigenvalue weighted by atomic mass is 79.9. The average molecular weight is 433 g/mol. The molecule has 6 nitrogen and oxygen atoms in total. The van der Waals surface area contributed by atoms with Gasteiger partial charge in [-0.15, -0.1) is 0 Å². The van der Waals surface area contributed by atoms with Crippen molar-refractivity contribution in [2.45, 2.75) is 26.7 Å². The van der Waals surface area contributed by atoms with Gasteiger partial charge < -0.3 is 14.5 Å². The summed E-state index contributed by atoms with van der Waals surface area (Å²) in [5, 5.41) is 0. The van der Waals surface area contributed by atoms with E-state index in [1.165, 1.54) is 0 Å². The van der Waals surface area contributed by atoms with Gasteiger partial charge in [-0.3, -0.25) is 4.79 Å². The van der Waals surface area contributed by atoms with Crippen LogP contribution in [-0.2, 0) is 4.79 Å². The minimum atomic E-state index is 0.0132. The van der Waals surface area contributed by atoms with E-state index in [4.69, 9.17) is 9.72 Å². The van der Waals surface area contributed by atoms with Crippen LogP contribution in [0.1, 0.15) is 31.3 Å². The first kappa shape index (κ1) is 19.6. The summed E-state index contributed by atoms with van der Waals surface area (Å²) in [4.78, 5) is 25.7. The number of rotatable bonds is 5. The topological polar surface area (TPSA) is 58.6 Å². The van der Waals surface area contributed by atoms with Crippen molar-refractivity contribution >= 4 is 27.7 Å². The first-order valence-electron chi connectivity index (χ1n) is 9.19. The Labute approximate surface area is 168 Å². The number of carbonyl (C=O) groups excluding carboxylic acids is 1. The molecular weight excluding hydrogens is 408 g/mol. The molecule has 2 aromatic rings. The van der Waals surface area contributed by atoms with Crippen LogP contribution in [0.4, 0.5) is 5.82 Å². The van der Waals surface area contributed by atoms with Gasteiger partial charge in [-0.25, -0.2) is 9.97 Å². The molecule has 0 N–H and O–H groups in total. The van der Waals surface area contributed by atoms with Crippen molar-refractivity contribution in [3.8, 4) is 5.75 Å². The van der Waals surface area contributed by atoms with Crippen LogP contribution in [0.5, 0.6) is 5.75 Å². The van der Waals surface area contributed by atoms with Crippen molar-refractivity contribution in [3.63, 3.8) is 0 Å². The summed E-state index contributed by atoms with van der Waals surface area (Å²) in [6.45, 7) is 9.12. The molecule has 0 saturated carbocycles. The fourth-order valence-corrected chi connectivity index (χ4v) is 3.21. The Balaban J connectivity index is 1.54. The molecule has 0 unspecified atom stereocenters. The Morgan fingerprint density at radius 1 is 1.15 bits per heavy atom. The van der Waals surface area contributed by atoms with E-state index in [1.807, 2.05) is 42.2 Å². The van der Waals surface area contributed by atoms with Crippen LogP contribution in [0.2, 0.25) is 0 Å². The van der Waals surface area contributed by atoms with Crippen LogP contribution in [0, 0.1) is 6.92 Å². The molecule has 1 amide bonds. The first-order chi connectivity index (χ1) is 12.9. The lowest BCUT2D eigenvalue weighted by Gasteiger charge is -2.35. The lowest BCUT2D eigenvalue weighted by molar-refractivity contribution is -0.133. The number of aromatic nitrogens is 2. The van der Waals surface area contributed by atoms with E-state index in [-0.39, 0.29) is 12.5 Å². The maximum atomic E-state index is 12.4. The van der Waals surface area contributed by atoms with E-state index in [9.17, 15) is 4.79 Å². The van der Waals surface area contributed by atoms with Gasteiger partial charge in [-0.2, -0.15) is 0 Å². The van der Waals surface area contributed by atoms with Gasteiger partial charge >= 0.3 is 0 Å². The monoisotopic (exact) mass is 432 g/mol. The molecule has 0 spiro atoms. The Kier molecular flexibility index (Phi) is 6.31. The minimum absolute atomic E-state index is 0.0132. The summed E-state index contributed by atoms with van der Waals surface area (Å²) < 4.78 is 6.58. The van der Waals surface area contributed by atoms with E-state index >= 15 is 0 Å². The van der Waals surface area contributed by atoms with Crippen molar-refractivity contribution < 1.29 is 9.53 Å². The third-order valence-corrected chi connectivity index (χ3v) is 5.04. The maximum absolute atomic E-state index is 12.4. The molecule has 27 heavy (non-hydrogen) atoms. The molecule has 0 atom stereocenters. The number of hydrogen-bond donors (Lipinski definition) is 0. The standard InChI is InChI=1S/C20H25BrN4O2/c1-14(2)20-22-15(3)12-18(23-20)24-8-10-25(11-9-24)19(26)13-27-17-6-4-16(21)5-7-17/h4-7,12,14H,8-11,13H2,1-3H3. The molecule has 0 bridgehead atoms. The molecule has 144 valence electrons. The molecule has 2 heterocycles. The van der Waals surface area contributed by atoms with Crippen LogP contribution in [0.15, 0.2) is 34.8 Å². The molecular formula is C20H25BrN4O2. The number of piperazine rings is 1. The summed E-state index contributed by atoms with van der Waals surface area (Å²) >= 11 is 3.39. The van der Waals surface area contributed by atoms with Gasteiger partial charge in [-0.05, 0) is 31.2 Å². The second-order valence-electron chi connectivity index (χ2n) is 6.99. The van der Waals surface area contributed by atoms with Gasteiger partial charge in [0.2, 0.25) is 0 Å². The molecule has 0 radical (unpaired) electrons. The van der Waals surface area contributed by atoms with E-state index in [1.54, 1.807) is 0 Å². The molecule has 1 fully saturated rings.